The molecular formula is C24H31N3O2S. The number of anilines is 2. The Kier molecular flexibility index (Phi) is 6.54. The minimum absolute atomic E-state index is 0.0163. The zero-order valence-corrected chi connectivity index (χ0v) is 18.8. The summed E-state index contributed by atoms with van der Waals surface area (Å²) < 4.78 is 0. The second-order valence-corrected chi connectivity index (χ2v) is 9.68. The van der Waals surface area contributed by atoms with Crippen molar-refractivity contribution >= 4 is 33.8 Å². The van der Waals surface area contributed by atoms with Crippen molar-refractivity contribution in [3.05, 3.63) is 45.3 Å². The molecule has 6 heteroatoms. The van der Waals surface area contributed by atoms with Gasteiger partial charge in [0.15, 0.2) is 0 Å². The zero-order valence-electron chi connectivity index (χ0n) is 18.0. The Bertz CT molecular complexity index is 942. The fourth-order valence-electron chi connectivity index (χ4n) is 4.53. The molecule has 2 aromatic rings. The van der Waals surface area contributed by atoms with Crippen molar-refractivity contribution in [1.29, 1.82) is 0 Å². The van der Waals surface area contributed by atoms with Gasteiger partial charge in [0, 0.05) is 10.6 Å². The van der Waals surface area contributed by atoms with Crippen LogP contribution in [0.15, 0.2) is 18.2 Å². The summed E-state index contributed by atoms with van der Waals surface area (Å²) in [5, 5.41) is 6.86. The zero-order chi connectivity index (χ0) is 21.1. The molecule has 1 aromatic heterocycles. The standard InChI is InChI=1S/C24H31N3O2S/c1-16-10-11-19(17(2)14-16)25-23(29)22-18-8-7-9-20(18)30-24(22)26-21(28)15-27-12-5-3-4-6-13-27/h10-11,14H,3-9,12-13,15H2,1-2H3,(H,25,29)(H,26,28). The summed E-state index contributed by atoms with van der Waals surface area (Å²) >= 11 is 1.58. The van der Waals surface area contributed by atoms with Crippen LogP contribution < -0.4 is 10.6 Å². The van der Waals surface area contributed by atoms with E-state index in [4.69, 9.17) is 0 Å². The first-order chi connectivity index (χ1) is 14.5. The molecule has 0 bridgehead atoms. The monoisotopic (exact) mass is 425 g/mol. The number of carbonyl (C=O) groups is 2. The van der Waals surface area contributed by atoms with E-state index in [0.29, 0.717) is 17.1 Å². The minimum atomic E-state index is -0.119. The van der Waals surface area contributed by atoms with Crippen molar-refractivity contribution in [3.63, 3.8) is 0 Å². The second kappa shape index (κ2) is 9.31. The average Bonchev–Trinajstić information content (AvgIpc) is 3.16. The number of nitrogens with one attached hydrogen (secondary N) is 2. The van der Waals surface area contributed by atoms with Crippen molar-refractivity contribution < 1.29 is 9.59 Å². The Morgan fingerprint density at radius 3 is 2.50 bits per heavy atom. The normalized spacial score (nSPS) is 16.7. The largest absolute Gasteiger partial charge is 0.322 e. The number of nitrogens with zero attached hydrogens (tertiary/aromatic N) is 1. The van der Waals surface area contributed by atoms with Crippen LogP contribution in [0.1, 0.15) is 64.0 Å². The van der Waals surface area contributed by atoms with E-state index in [1.165, 1.54) is 23.3 Å². The van der Waals surface area contributed by atoms with Crippen molar-refractivity contribution in [3.8, 4) is 0 Å². The van der Waals surface area contributed by atoms with Crippen molar-refractivity contribution in [2.75, 3.05) is 30.3 Å². The number of thiophene rings is 1. The molecule has 2 amide bonds. The van der Waals surface area contributed by atoms with Crippen molar-refractivity contribution in [1.82, 2.24) is 4.90 Å². The third-order valence-corrected chi connectivity index (χ3v) is 7.30. The molecule has 30 heavy (non-hydrogen) atoms. The van der Waals surface area contributed by atoms with Crippen LogP contribution >= 0.6 is 11.3 Å². The van der Waals surface area contributed by atoms with E-state index in [1.54, 1.807) is 11.3 Å². The highest BCUT2D eigenvalue weighted by atomic mass is 32.1. The summed E-state index contributed by atoms with van der Waals surface area (Å²) in [6.07, 6.45) is 7.79. The highest BCUT2D eigenvalue weighted by Crippen LogP contribution is 2.39. The van der Waals surface area contributed by atoms with Gasteiger partial charge in [-0.25, -0.2) is 0 Å². The van der Waals surface area contributed by atoms with Crippen molar-refractivity contribution in [2.45, 2.75) is 58.8 Å². The van der Waals surface area contributed by atoms with Gasteiger partial charge in [-0.2, -0.15) is 0 Å². The van der Waals surface area contributed by atoms with E-state index in [2.05, 4.69) is 21.6 Å². The number of amides is 2. The SMILES string of the molecule is Cc1ccc(NC(=O)c2c(NC(=O)CN3CCCCCC3)sc3c2CCC3)c(C)c1. The molecule has 0 spiro atoms. The molecule has 0 radical (unpaired) electrons. The quantitative estimate of drug-likeness (QED) is 0.715. The van der Waals surface area contributed by atoms with Crippen LogP contribution in [0.3, 0.4) is 0 Å². The molecule has 1 aliphatic carbocycles. The van der Waals surface area contributed by atoms with Gasteiger partial charge in [0.25, 0.3) is 5.91 Å². The summed E-state index contributed by atoms with van der Waals surface area (Å²) in [5.41, 5.74) is 4.82. The lowest BCUT2D eigenvalue weighted by molar-refractivity contribution is -0.117. The van der Waals surface area contributed by atoms with Gasteiger partial charge in [-0.15, -0.1) is 11.3 Å². The molecule has 1 aromatic carbocycles. The Balaban J connectivity index is 1.51. The number of aryl methyl sites for hydroxylation is 3. The van der Waals surface area contributed by atoms with Gasteiger partial charge in [-0.3, -0.25) is 14.5 Å². The lowest BCUT2D eigenvalue weighted by atomic mass is 10.1. The lowest BCUT2D eigenvalue weighted by Gasteiger charge is -2.19. The molecule has 160 valence electrons. The van der Waals surface area contributed by atoms with Gasteiger partial charge in [0.2, 0.25) is 5.91 Å². The summed E-state index contributed by atoms with van der Waals surface area (Å²) in [7, 11) is 0. The van der Waals surface area contributed by atoms with Crippen LogP contribution in [-0.2, 0) is 17.6 Å². The third kappa shape index (κ3) is 4.76. The molecule has 0 unspecified atom stereocenters. The predicted octanol–water partition coefficient (Wildman–Crippen LogP) is 4.92. The average molecular weight is 426 g/mol. The van der Waals surface area contributed by atoms with Crippen LogP contribution in [0.4, 0.5) is 10.7 Å². The number of benzene rings is 1. The van der Waals surface area contributed by atoms with Gasteiger partial charge in [0.1, 0.15) is 5.00 Å². The highest BCUT2D eigenvalue weighted by molar-refractivity contribution is 7.17. The Labute approximate surface area is 182 Å². The van der Waals surface area contributed by atoms with E-state index in [1.807, 2.05) is 26.0 Å². The predicted molar refractivity (Wildman–Crippen MR) is 124 cm³/mol. The molecule has 5 nitrogen and oxygen atoms in total. The summed E-state index contributed by atoms with van der Waals surface area (Å²) in [6.45, 7) is 6.41. The van der Waals surface area contributed by atoms with Crippen LogP contribution in [0.5, 0.6) is 0 Å². The summed E-state index contributed by atoms with van der Waals surface area (Å²) in [6, 6.07) is 6.02. The van der Waals surface area contributed by atoms with E-state index >= 15 is 0 Å². The maximum absolute atomic E-state index is 13.2. The van der Waals surface area contributed by atoms with Gasteiger partial charge >= 0.3 is 0 Å². The van der Waals surface area contributed by atoms with E-state index in [0.717, 1.165) is 62.0 Å². The molecule has 2 N–H and O–H groups in total. The van der Waals surface area contributed by atoms with E-state index < -0.39 is 0 Å². The van der Waals surface area contributed by atoms with Crippen LogP contribution in [0, 0.1) is 13.8 Å². The van der Waals surface area contributed by atoms with Crippen LogP contribution in [0.2, 0.25) is 0 Å². The molecule has 2 aliphatic rings. The van der Waals surface area contributed by atoms with Gasteiger partial charge < -0.3 is 10.6 Å². The van der Waals surface area contributed by atoms with Gasteiger partial charge in [-0.1, -0.05) is 30.5 Å². The number of hydrogen-bond donors (Lipinski definition) is 2. The van der Waals surface area contributed by atoms with Crippen LogP contribution in [0.25, 0.3) is 0 Å². The molecule has 1 fully saturated rings. The number of hydrogen-bond acceptors (Lipinski definition) is 4. The lowest BCUT2D eigenvalue weighted by Crippen LogP contribution is -2.34. The molecule has 4 rings (SSSR count). The smallest absolute Gasteiger partial charge is 0.258 e. The number of carbonyl (C=O) groups excluding carboxylic acids is 2. The van der Waals surface area contributed by atoms with E-state index in [9.17, 15) is 9.59 Å². The number of fused-ring (bicyclic) bond motifs is 1. The second-order valence-electron chi connectivity index (χ2n) is 8.57. The first-order valence-electron chi connectivity index (χ1n) is 11.1. The molecule has 0 saturated carbocycles. The maximum Gasteiger partial charge on any atom is 0.258 e. The Hall–Kier alpha value is -2.18. The Morgan fingerprint density at radius 1 is 1.00 bits per heavy atom. The fraction of sp³-hybridized carbons (Fsp3) is 0.500. The first kappa shape index (κ1) is 21.1. The maximum atomic E-state index is 13.2. The third-order valence-electron chi connectivity index (χ3n) is 6.10. The number of likely N-dealkylation sites (tertiary alicyclic amines) is 1. The molecule has 0 atom stereocenters. The van der Waals surface area contributed by atoms with Crippen molar-refractivity contribution in [2.24, 2.45) is 0 Å². The summed E-state index contributed by atoms with van der Waals surface area (Å²) in [4.78, 5) is 29.5. The fourth-order valence-corrected chi connectivity index (χ4v) is 5.84. The van der Waals surface area contributed by atoms with Gasteiger partial charge in [-0.05, 0) is 76.2 Å². The summed E-state index contributed by atoms with van der Waals surface area (Å²) in [5.74, 6) is -0.135. The minimum Gasteiger partial charge on any atom is -0.322 e. The molecule has 1 aliphatic heterocycles. The Morgan fingerprint density at radius 2 is 1.77 bits per heavy atom. The molecular weight excluding hydrogens is 394 g/mol. The van der Waals surface area contributed by atoms with E-state index in [-0.39, 0.29) is 11.8 Å². The van der Waals surface area contributed by atoms with Gasteiger partial charge in [0.05, 0.1) is 12.1 Å². The van der Waals surface area contributed by atoms with Crippen LogP contribution in [-0.4, -0.2) is 36.3 Å². The molecule has 1 saturated heterocycles. The highest BCUT2D eigenvalue weighted by Gasteiger charge is 2.28. The molecule has 2 heterocycles. The topological polar surface area (TPSA) is 61.4 Å². The number of rotatable bonds is 5. The first-order valence-corrected chi connectivity index (χ1v) is 11.9.